The third kappa shape index (κ3) is 3.56. The maximum absolute atomic E-state index is 2.55. The van der Waals surface area contributed by atoms with Crippen LogP contribution in [0, 0.1) is 5.92 Å². The molecule has 11 heavy (non-hydrogen) atoms. The molecule has 0 unspecified atom stereocenters. The van der Waals surface area contributed by atoms with Crippen molar-refractivity contribution in [3.63, 3.8) is 0 Å². The molecule has 0 aromatic heterocycles. The van der Waals surface area contributed by atoms with Crippen LogP contribution in [0.25, 0.3) is 0 Å². The van der Waals surface area contributed by atoms with Crippen molar-refractivity contribution in [2.24, 2.45) is 5.92 Å². The summed E-state index contributed by atoms with van der Waals surface area (Å²) >= 11 is 0. The molecule has 0 aromatic rings. The van der Waals surface area contributed by atoms with Gasteiger partial charge in [-0.05, 0) is 0 Å². The van der Waals surface area contributed by atoms with Crippen LogP contribution in [0.3, 0.4) is 0 Å². The Morgan fingerprint density at radius 3 is 1.64 bits per heavy atom. The Labute approximate surface area is 73.1 Å². The van der Waals surface area contributed by atoms with Gasteiger partial charge in [-0.3, -0.25) is 0 Å². The first-order valence-corrected chi connectivity index (χ1v) is 7.91. The molecule has 0 aliphatic rings. The summed E-state index contributed by atoms with van der Waals surface area (Å²) in [6.07, 6.45) is 2.95. The van der Waals surface area contributed by atoms with Crippen LogP contribution in [0.4, 0.5) is 0 Å². The fourth-order valence-electron chi connectivity index (χ4n) is 1.72. The molecule has 0 saturated carbocycles. The molecule has 0 fully saturated rings. The zero-order valence-corrected chi connectivity index (χ0v) is 10.1. The standard InChI is InChI=1S/C10H25P/c1-7-11(6,10(4)5)8-9(2)3/h9-11H,7-8H2,1-6H3. The summed E-state index contributed by atoms with van der Waals surface area (Å²) in [7, 11) is -0.864. The number of hydrogen-bond donors (Lipinski definition) is 0. The Kier molecular flexibility index (Phi) is 4.63. The van der Waals surface area contributed by atoms with Crippen molar-refractivity contribution in [1.82, 2.24) is 0 Å². The van der Waals surface area contributed by atoms with Crippen LogP contribution >= 0.6 is 7.26 Å². The second kappa shape index (κ2) is 4.45. The topological polar surface area (TPSA) is 0 Å². The number of rotatable bonds is 4. The third-order valence-corrected chi connectivity index (χ3v) is 9.23. The molecule has 1 heteroatoms. The van der Waals surface area contributed by atoms with E-state index in [1.165, 1.54) is 12.3 Å². The van der Waals surface area contributed by atoms with Crippen molar-refractivity contribution in [2.75, 3.05) is 19.0 Å². The van der Waals surface area contributed by atoms with Crippen LogP contribution in [0.15, 0.2) is 0 Å². The van der Waals surface area contributed by atoms with Gasteiger partial charge in [0.2, 0.25) is 0 Å². The van der Waals surface area contributed by atoms with Crippen LogP contribution in [-0.2, 0) is 0 Å². The van der Waals surface area contributed by atoms with Gasteiger partial charge in [-0.25, -0.2) is 0 Å². The fourth-order valence-corrected chi connectivity index (χ4v) is 5.16. The van der Waals surface area contributed by atoms with Crippen LogP contribution in [0.5, 0.6) is 0 Å². The van der Waals surface area contributed by atoms with E-state index in [9.17, 15) is 0 Å². The molecule has 0 spiro atoms. The summed E-state index contributed by atoms with van der Waals surface area (Å²) in [5.74, 6) is 0.897. The molecule has 70 valence electrons. The average molecular weight is 176 g/mol. The Morgan fingerprint density at radius 2 is 1.55 bits per heavy atom. The molecular weight excluding hydrogens is 151 g/mol. The predicted molar refractivity (Wildman–Crippen MR) is 59.6 cm³/mol. The van der Waals surface area contributed by atoms with E-state index in [4.69, 9.17) is 0 Å². The molecule has 0 atom stereocenters. The Balaban J connectivity index is 4.10. The summed E-state index contributed by atoms with van der Waals surface area (Å²) in [6.45, 7) is 14.4. The van der Waals surface area contributed by atoms with E-state index in [0.29, 0.717) is 0 Å². The van der Waals surface area contributed by atoms with Gasteiger partial charge in [0.05, 0.1) is 0 Å². The van der Waals surface area contributed by atoms with Gasteiger partial charge in [-0.2, -0.15) is 0 Å². The predicted octanol–water partition coefficient (Wildman–Crippen LogP) is 3.45. The summed E-state index contributed by atoms with van der Waals surface area (Å²) < 4.78 is 0. The van der Waals surface area contributed by atoms with Crippen molar-refractivity contribution < 1.29 is 0 Å². The molecule has 0 aromatic carbocycles. The van der Waals surface area contributed by atoms with Crippen molar-refractivity contribution in [3.05, 3.63) is 0 Å². The molecule has 0 heterocycles. The van der Waals surface area contributed by atoms with Crippen molar-refractivity contribution in [2.45, 2.75) is 40.3 Å². The van der Waals surface area contributed by atoms with E-state index in [-0.39, 0.29) is 0 Å². The van der Waals surface area contributed by atoms with Gasteiger partial charge < -0.3 is 0 Å². The molecule has 0 saturated heterocycles. The Hall–Kier alpha value is 0.430. The van der Waals surface area contributed by atoms with E-state index in [0.717, 1.165) is 11.6 Å². The van der Waals surface area contributed by atoms with Gasteiger partial charge >= 0.3 is 72.4 Å². The van der Waals surface area contributed by atoms with Crippen LogP contribution < -0.4 is 0 Å². The van der Waals surface area contributed by atoms with Crippen molar-refractivity contribution in [1.29, 1.82) is 0 Å². The Morgan fingerprint density at radius 1 is 1.09 bits per heavy atom. The first-order chi connectivity index (χ1) is 4.92. The molecular formula is C10H25P. The first kappa shape index (κ1) is 11.4. The second-order valence-electron chi connectivity index (χ2n) is 4.76. The zero-order chi connectivity index (χ0) is 9.07. The van der Waals surface area contributed by atoms with Gasteiger partial charge in [0, 0.05) is 0 Å². The molecule has 0 bridgehead atoms. The normalized spacial score (nSPS) is 14.5. The summed E-state index contributed by atoms with van der Waals surface area (Å²) in [6, 6.07) is 0. The maximum atomic E-state index is 2.55. The zero-order valence-electron chi connectivity index (χ0n) is 9.07. The first-order valence-electron chi connectivity index (χ1n) is 4.92. The van der Waals surface area contributed by atoms with Crippen LogP contribution in [0.2, 0.25) is 0 Å². The quantitative estimate of drug-likeness (QED) is 0.575. The van der Waals surface area contributed by atoms with Gasteiger partial charge in [-0.15, -0.1) is 0 Å². The SMILES string of the molecule is CC[PH](C)(CC(C)C)C(C)C. The molecule has 0 radical (unpaired) electrons. The van der Waals surface area contributed by atoms with E-state index in [2.05, 4.69) is 41.3 Å². The Bertz CT molecular complexity index is 107. The van der Waals surface area contributed by atoms with Crippen molar-refractivity contribution >= 4 is 7.26 Å². The minimum atomic E-state index is -0.864. The average Bonchev–Trinajstić information content (AvgIpc) is 1.86. The second-order valence-corrected chi connectivity index (χ2v) is 10.3. The van der Waals surface area contributed by atoms with Crippen LogP contribution in [0.1, 0.15) is 34.6 Å². The van der Waals surface area contributed by atoms with Gasteiger partial charge in [0.15, 0.2) is 0 Å². The van der Waals surface area contributed by atoms with Gasteiger partial charge in [0.1, 0.15) is 0 Å². The molecule has 0 amide bonds. The monoisotopic (exact) mass is 176 g/mol. The van der Waals surface area contributed by atoms with E-state index in [1.807, 2.05) is 0 Å². The number of hydrogen-bond acceptors (Lipinski definition) is 0. The van der Waals surface area contributed by atoms with E-state index in [1.54, 1.807) is 0 Å². The molecule has 0 N–H and O–H groups in total. The summed E-state index contributed by atoms with van der Waals surface area (Å²) in [5.41, 5.74) is 0.954. The molecule has 0 nitrogen and oxygen atoms in total. The minimum absolute atomic E-state index is 0.864. The van der Waals surface area contributed by atoms with Gasteiger partial charge in [0.25, 0.3) is 0 Å². The van der Waals surface area contributed by atoms with Crippen molar-refractivity contribution in [3.8, 4) is 0 Å². The third-order valence-electron chi connectivity index (χ3n) is 3.08. The van der Waals surface area contributed by atoms with E-state index < -0.39 is 7.26 Å². The van der Waals surface area contributed by atoms with Gasteiger partial charge in [-0.1, -0.05) is 0 Å². The summed E-state index contributed by atoms with van der Waals surface area (Å²) in [5, 5.41) is 0. The molecule has 0 aliphatic carbocycles. The van der Waals surface area contributed by atoms with E-state index >= 15 is 0 Å². The summed E-state index contributed by atoms with van der Waals surface area (Å²) in [4.78, 5) is 0. The fraction of sp³-hybridized carbons (Fsp3) is 1.00. The molecule has 0 aliphatic heterocycles. The van der Waals surface area contributed by atoms with Crippen LogP contribution in [-0.4, -0.2) is 24.6 Å². The molecule has 0 rings (SSSR count).